The first-order valence-electron chi connectivity index (χ1n) is 13.5. The van der Waals surface area contributed by atoms with Gasteiger partial charge < -0.3 is 9.47 Å². The summed E-state index contributed by atoms with van der Waals surface area (Å²) >= 11 is 0. The second-order valence-electron chi connectivity index (χ2n) is 10.9. The highest BCUT2D eigenvalue weighted by molar-refractivity contribution is 5.84. The number of halogens is 26. The molecule has 1 aromatic carbocycles. The van der Waals surface area contributed by atoms with Crippen LogP contribution in [-0.4, -0.2) is 96.9 Å². The van der Waals surface area contributed by atoms with E-state index in [0.29, 0.717) is 12.1 Å². The average molecular weight is 887 g/mol. The molecule has 0 aliphatic heterocycles. The minimum atomic E-state index is -8.17. The zero-order valence-electron chi connectivity index (χ0n) is 25.8. The van der Waals surface area contributed by atoms with E-state index in [0.717, 1.165) is 12.1 Å². The van der Waals surface area contributed by atoms with Crippen LogP contribution in [0.2, 0.25) is 0 Å². The maximum Gasteiger partial charge on any atom is 0.460 e. The summed E-state index contributed by atoms with van der Waals surface area (Å²) in [6, 6.07) is 2.83. The maximum atomic E-state index is 13.8. The Hall–Kier alpha value is -3.86. The van der Waals surface area contributed by atoms with Crippen molar-refractivity contribution in [3.05, 3.63) is 29.8 Å². The van der Waals surface area contributed by atoms with Crippen molar-refractivity contribution in [3.63, 3.8) is 0 Å². The van der Waals surface area contributed by atoms with E-state index in [4.69, 9.17) is 0 Å². The monoisotopic (exact) mass is 887 g/mol. The van der Waals surface area contributed by atoms with Crippen LogP contribution in [0.1, 0.15) is 18.4 Å². The van der Waals surface area contributed by atoms with Crippen LogP contribution in [-0.2, 0) is 20.7 Å². The third kappa shape index (κ3) is 8.67. The molecule has 5 nitrogen and oxygen atoms in total. The lowest BCUT2D eigenvalue weighted by Gasteiger charge is -2.39. The van der Waals surface area contributed by atoms with Crippen LogP contribution in [0.15, 0.2) is 24.3 Å². The van der Waals surface area contributed by atoms with Crippen LogP contribution in [0, 0.1) is 0 Å². The van der Waals surface area contributed by atoms with Crippen molar-refractivity contribution in [2.45, 2.75) is 90.8 Å². The van der Waals surface area contributed by atoms with Crippen LogP contribution in [0.5, 0.6) is 0 Å². The molecule has 0 heterocycles. The Morgan fingerprint density at radius 3 is 1.05 bits per heavy atom. The van der Waals surface area contributed by atoms with E-state index in [-0.39, 0.29) is 5.56 Å². The van der Waals surface area contributed by atoms with Crippen molar-refractivity contribution in [2.75, 3.05) is 18.5 Å². The molecule has 1 rings (SSSR count). The molecule has 0 unspecified atom stereocenters. The molecule has 0 spiro atoms. The molecule has 0 aliphatic carbocycles. The number of rotatable bonds is 17. The van der Waals surface area contributed by atoms with Crippen LogP contribution in [0.4, 0.5) is 125 Å². The molecule has 0 atom stereocenters. The topological polar surface area (TPSA) is 64.6 Å². The van der Waals surface area contributed by atoms with Gasteiger partial charge in [0.15, 0.2) is 0 Å². The molecule has 0 saturated heterocycles. The van der Waals surface area contributed by atoms with Gasteiger partial charge in [-0.2, -0.15) is 114 Å². The van der Waals surface area contributed by atoms with Crippen LogP contribution < -0.4 is 5.32 Å². The van der Waals surface area contributed by atoms with E-state index >= 15 is 0 Å². The summed E-state index contributed by atoms with van der Waals surface area (Å²) < 4.78 is 349. The number of alkyl halides is 26. The van der Waals surface area contributed by atoms with Gasteiger partial charge in [0.2, 0.25) is 0 Å². The van der Waals surface area contributed by atoms with Gasteiger partial charge in [-0.05, 0) is 17.7 Å². The van der Waals surface area contributed by atoms with Gasteiger partial charge in [0, 0.05) is 5.69 Å². The minimum Gasteiger partial charge on any atom is -0.465 e. The summed E-state index contributed by atoms with van der Waals surface area (Å²) in [5, 5.41) is 1.56. The number of carbonyl (C=O) groups is 2. The van der Waals surface area contributed by atoms with Gasteiger partial charge in [0.05, 0.1) is 32.5 Å². The first-order valence-corrected chi connectivity index (χ1v) is 13.5. The van der Waals surface area contributed by atoms with Crippen LogP contribution >= 0.6 is 0 Å². The molecule has 56 heavy (non-hydrogen) atoms. The summed E-state index contributed by atoms with van der Waals surface area (Å²) in [4.78, 5) is 23.4. The normalized spacial score (nSPS) is 15.1. The molecule has 0 bridgehead atoms. The van der Waals surface area contributed by atoms with Gasteiger partial charge in [-0.3, -0.25) is 10.1 Å². The van der Waals surface area contributed by atoms with E-state index in [1.165, 1.54) is 0 Å². The molecule has 0 fully saturated rings. The summed E-state index contributed by atoms with van der Waals surface area (Å²) in [7, 11) is 0. The fourth-order valence-corrected chi connectivity index (χ4v) is 3.56. The number of amides is 1. The fourth-order valence-electron chi connectivity index (χ4n) is 3.56. The predicted molar refractivity (Wildman–Crippen MR) is 127 cm³/mol. The summed E-state index contributed by atoms with van der Waals surface area (Å²) in [5.74, 6) is -78.7. The summed E-state index contributed by atoms with van der Waals surface area (Å²) in [6.45, 7) is -4.25. The standard InChI is InChI=1S/C25H15F26NO4/c26-14(27,16(30,31)18(34,35)20(38,39)22(42,43)24(46,47)48)5-7-55-12(53)9-10-1-3-11(4-2-10)52-13(54)56-8-6-15(28,29)17(32,33)19(36,37)21(40,41)23(44,45)25(49,50)51/h1-4H,5-9H2,(H,52,54). The molecule has 0 saturated carbocycles. The van der Waals surface area contributed by atoms with Crippen molar-refractivity contribution in [2.24, 2.45) is 0 Å². The number of esters is 1. The summed E-state index contributed by atoms with van der Waals surface area (Å²) in [6.07, 6.45) is -24.2. The average Bonchev–Trinajstić information content (AvgIpc) is 2.99. The number of benzene rings is 1. The van der Waals surface area contributed by atoms with Crippen molar-refractivity contribution >= 4 is 17.7 Å². The van der Waals surface area contributed by atoms with Gasteiger partial charge >= 0.3 is 83.6 Å². The Morgan fingerprint density at radius 2 is 0.732 bits per heavy atom. The number of hydrogen-bond donors (Lipinski definition) is 1. The van der Waals surface area contributed by atoms with Gasteiger partial charge in [0.25, 0.3) is 0 Å². The van der Waals surface area contributed by atoms with Crippen molar-refractivity contribution in [1.29, 1.82) is 0 Å². The minimum absolute atomic E-state index is 0.345. The molecule has 0 aromatic heterocycles. The van der Waals surface area contributed by atoms with E-state index < -0.39 is 122 Å². The number of hydrogen-bond acceptors (Lipinski definition) is 4. The largest absolute Gasteiger partial charge is 0.465 e. The molecule has 1 N–H and O–H groups in total. The molecule has 0 aliphatic rings. The van der Waals surface area contributed by atoms with Crippen molar-refractivity contribution in [3.8, 4) is 0 Å². The first kappa shape index (κ1) is 50.2. The highest BCUT2D eigenvalue weighted by Gasteiger charge is 2.92. The number of carbonyl (C=O) groups excluding carboxylic acids is 2. The summed E-state index contributed by atoms with van der Waals surface area (Å²) in [5.41, 5.74) is -0.900. The number of nitrogens with one attached hydrogen (secondary N) is 1. The van der Waals surface area contributed by atoms with Crippen molar-refractivity contribution in [1.82, 2.24) is 0 Å². The fraction of sp³-hybridized carbons (Fsp3) is 0.680. The molecule has 326 valence electrons. The quantitative estimate of drug-likeness (QED) is 0.125. The maximum absolute atomic E-state index is 13.8. The SMILES string of the molecule is O=C(Cc1ccc(NC(=O)OCCC(F)(F)C(F)(F)C(F)(F)C(F)(F)C(F)(F)C(F)(F)F)cc1)OCCC(F)(F)C(F)(F)C(F)(F)C(F)(F)C(F)(F)C(F)(F)F. The third-order valence-corrected chi connectivity index (χ3v) is 6.87. The van der Waals surface area contributed by atoms with E-state index in [1.54, 1.807) is 5.32 Å². The molecule has 0 radical (unpaired) electrons. The lowest BCUT2D eigenvalue weighted by atomic mass is 9.93. The zero-order valence-corrected chi connectivity index (χ0v) is 25.8. The third-order valence-electron chi connectivity index (χ3n) is 6.87. The highest BCUT2D eigenvalue weighted by Crippen LogP contribution is 2.62. The van der Waals surface area contributed by atoms with Gasteiger partial charge in [0.1, 0.15) is 0 Å². The predicted octanol–water partition coefficient (Wildman–Crippen LogP) is 10.6. The molecular weight excluding hydrogens is 872 g/mol. The van der Waals surface area contributed by atoms with Gasteiger partial charge in [-0.15, -0.1) is 0 Å². The lowest BCUT2D eigenvalue weighted by molar-refractivity contribution is -0.440. The van der Waals surface area contributed by atoms with Gasteiger partial charge in [-0.25, -0.2) is 4.79 Å². The molecule has 1 aromatic rings. The Balaban J connectivity index is 2.84. The van der Waals surface area contributed by atoms with Crippen LogP contribution in [0.3, 0.4) is 0 Å². The number of ether oxygens (including phenoxy) is 2. The zero-order chi connectivity index (χ0) is 44.8. The second kappa shape index (κ2) is 15.1. The highest BCUT2D eigenvalue weighted by atomic mass is 19.4. The smallest absolute Gasteiger partial charge is 0.460 e. The Morgan fingerprint density at radius 1 is 0.429 bits per heavy atom. The Labute approximate surface area is 291 Å². The van der Waals surface area contributed by atoms with E-state index in [9.17, 15) is 124 Å². The van der Waals surface area contributed by atoms with Gasteiger partial charge in [-0.1, -0.05) is 12.1 Å². The van der Waals surface area contributed by atoms with Crippen LogP contribution in [0.25, 0.3) is 0 Å². The Bertz CT molecular complexity index is 1420. The van der Waals surface area contributed by atoms with Crippen molar-refractivity contribution < 1.29 is 133 Å². The molecular formula is C25H15F26NO4. The molecule has 1 amide bonds. The lowest BCUT2D eigenvalue weighted by Crippen LogP contribution is -2.70. The Kier molecular flexibility index (Phi) is 13.6. The number of anilines is 1. The second-order valence-corrected chi connectivity index (χ2v) is 10.9. The van der Waals surface area contributed by atoms with E-state index in [1.807, 2.05) is 0 Å². The van der Waals surface area contributed by atoms with E-state index in [2.05, 4.69) is 9.47 Å². The molecule has 31 heteroatoms. The first-order chi connectivity index (χ1) is 24.4.